The van der Waals surface area contributed by atoms with Gasteiger partial charge in [0.1, 0.15) is 5.69 Å². The third-order valence-corrected chi connectivity index (χ3v) is 3.49. The Kier molecular flexibility index (Phi) is 3.76. The van der Waals surface area contributed by atoms with Crippen molar-refractivity contribution in [2.24, 2.45) is 5.73 Å². The van der Waals surface area contributed by atoms with Crippen LogP contribution < -0.4 is 16.6 Å². The summed E-state index contributed by atoms with van der Waals surface area (Å²) >= 11 is 0. The summed E-state index contributed by atoms with van der Waals surface area (Å²) in [5.74, 6) is -0.279. The van der Waals surface area contributed by atoms with E-state index in [2.05, 4.69) is 15.5 Å². The highest BCUT2D eigenvalue weighted by molar-refractivity contribution is 5.92. The molecule has 0 saturated heterocycles. The topological polar surface area (TPSA) is 101 Å². The molecule has 6 nitrogen and oxygen atoms in total. The van der Waals surface area contributed by atoms with Gasteiger partial charge in [0.15, 0.2) is 0 Å². The minimum Gasteiger partial charge on any atom is -0.344 e. The normalized spacial score (nSPS) is 18.3. The van der Waals surface area contributed by atoms with Crippen LogP contribution in [0.25, 0.3) is 0 Å². The van der Waals surface area contributed by atoms with Crippen LogP contribution >= 0.6 is 0 Å². The van der Waals surface area contributed by atoms with Crippen LogP contribution in [-0.4, -0.2) is 28.2 Å². The highest BCUT2D eigenvalue weighted by atomic mass is 16.2. The molecular weight excluding hydrogens is 232 g/mol. The third-order valence-electron chi connectivity index (χ3n) is 3.49. The summed E-state index contributed by atoms with van der Waals surface area (Å²) in [6.07, 6.45) is 5.15. The largest absolute Gasteiger partial charge is 0.344 e. The predicted octanol–water partition coefficient (Wildman–Crippen LogP) is 0.161. The highest BCUT2D eigenvalue weighted by Crippen LogP contribution is 2.27. The van der Waals surface area contributed by atoms with E-state index in [1.807, 2.05) is 0 Å². The maximum absolute atomic E-state index is 12.0. The van der Waals surface area contributed by atoms with Crippen LogP contribution in [0.15, 0.2) is 16.9 Å². The first kappa shape index (κ1) is 12.8. The van der Waals surface area contributed by atoms with E-state index in [1.54, 1.807) is 0 Å². The summed E-state index contributed by atoms with van der Waals surface area (Å²) < 4.78 is 0. The molecular formula is C12H18N4O2. The van der Waals surface area contributed by atoms with E-state index >= 15 is 0 Å². The van der Waals surface area contributed by atoms with Gasteiger partial charge in [-0.1, -0.05) is 19.3 Å². The van der Waals surface area contributed by atoms with E-state index in [4.69, 9.17) is 5.73 Å². The van der Waals surface area contributed by atoms with Gasteiger partial charge in [-0.05, 0) is 18.9 Å². The summed E-state index contributed by atoms with van der Waals surface area (Å²) in [5, 5.41) is 8.94. The monoisotopic (exact) mass is 250 g/mol. The van der Waals surface area contributed by atoms with Gasteiger partial charge >= 0.3 is 0 Å². The number of carbonyl (C=O) groups excluding carboxylic acids is 1. The van der Waals surface area contributed by atoms with E-state index in [-0.39, 0.29) is 22.7 Å². The minimum absolute atomic E-state index is 0.216. The number of hydrogen-bond acceptors (Lipinski definition) is 4. The molecule has 2 rings (SSSR count). The first-order valence-electron chi connectivity index (χ1n) is 6.24. The Morgan fingerprint density at radius 2 is 2.11 bits per heavy atom. The highest BCUT2D eigenvalue weighted by Gasteiger charge is 2.32. The second kappa shape index (κ2) is 5.30. The van der Waals surface area contributed by atoms with Gasteiger partial charge in [0, 0.05) is 12.6 Å². The average Bonchev–Trinajstić information content (AvgIpc) is 2.40. The van der Waals surface area contributed by atoms with Crippen molar-refractivity contribution < 1.29 is 4.79 Å². The number of aromatic nitrogens is 2. The van der Waals surface area contributed by atoms with Crippen LogP contribution in [0, 0.1) is 0 Å². The Hall–Kier alpha value is -1.69. The molecule has 4 N–H and O–H groups in total. The first-order chi connectivity index (χ1) is 8.65. The molecule has 0 radical (unpaired) electrons. The van der Waals surface area contributed by atoms with Crippen molar-refractivity contribution in [1.29, 1.82) is 0 Å². The molecule has 6 heteroatoms. The molecule has 1 aromatic heterocycles. The number of nitrogens with zero attached hydrogens (tertiary/aromatic N) is 1. The van der Waals surface area contributed by atoms with Crippen molar-refractivity contribution in [3.63, 3.8) is 0 Å². The zero-order valence-corrected chi connectivity index (χ0v) is 10.2. The average molecular weight is 250 g/mol. The van der Waals surface area contributed by atoms with Gasteiger partial charge in [-0.2, -0.15) is 5.10 Å². The maximum atomic E-state index is 12.0. The van der Waals surface area contributed by atoms with Crippen molar-refractivity contribution in [2.75, 3.05) is 6.54 Å². The SMILES string of the molecule is NCC1(NC(=O)c2ccc(=O)[nH]n2)CCCCC1. The van der Waals surface area contributed by atoms with E-state index in [1.165, 1.54) is 18.6 Å². The van der Waals surface area contributed by atoms with Crippen LogP contribution in [0.2, 0.25) is 0 Å². The molecule has 1 heterocycles. The number of amides is 1. The predicted molar refractivity (Wildman–Crippen MR) is 67.2 cm³/mol. The molecule has 0 spiro atoms. The molecule has 1 aromatic rings. The molecule has 0 unspecified atom stereocenters. The van der Waals surface area contributed by atoms with Crippen LogP contribution in [0.1, 0.15) is 42.6 Å². The van der Waals surface area contributed by atoms with E-state index < -0.39 is 0 Å². The third kappa shape index (κ3) is 2.76. The van der Waals surface area contributed by atoms with Crippen molar-refractivity contribution in [1.82, 2.24) is 15.5 Å². The molecule has 18 heavy (non-hydrogen) atoms. The van der Waals surface area contributed by atoms with Gasteiger partial charge in [-0.25, -0.2) is 5.10 Å². The fourth-order valence-corrected chi connectivity index (χ4v) is 2.38. The zero-order valence-electron chi connectivity index (χ0n) is 10.2. The van der Waals surface area contributed by atoms with Crippen molar-refractivity contribution >= 4 is 5.91 Å². The fraction of sp³-hybridized carbons (Fsp3) is 0.583. The number of aromatic amines is 1. The molecule has 1 aliphatic carbocycles. The number of carbonyl (C=O) groups is 1. The quantitative estimate of drug-likeness (QED) is 0.711. The van der Waals surface area contributed by atoms with E-state index in [0.717, 1.165) is 25.7 Å². The molecule has 0 aromatic carbocycles. The standard InChI is InChI=1S/C12H18N4O2/c13-8-12(6-2-1-3-7-12)14-11(18)9-4-5-10(17)16-15-9/h4-5H,1-3,6-8,13H2,(H,14,18)(H,16,17). The van der Waals surface area contributed by atoms with Crippen LogP contribution in [0.4, 0.5) is 0 Å². The van der Waals surface area contributed by atoms with Gasteiger partial charge in [0.2, 0.25) is 0 Å². The van der Waals surface area contributed by atoms with Crippen molar-refractivity contribution in [2.45, 2.75) is 37.6 Å². The second-order valence-electron chi connectivity index (χ2n) is 4.81. The molecule has 1 saturated carbocycles. The molecule has 1 aliphatic rings. The van der Waals surface area contributed by atoms with Crippen LogP contribution in [0.3, 0.4) is 0 Å². The Balaban J connectivity index is 2.09. The lowest BCUT2D eigenvalue weighted by Crippen LogP contribution is -2.54. The summed E-state index contributed by atoms with van der Waals surface area (Å²) in [6, 6.07) is 2.71. The first-order valence-corrected chi connectivity index (χ1v) is 6.24. The van der Waals surface area contributed by atoms with Gasteiger partial charge in [-0.3, -0.25) is 9.59 Å². The zero-order chi connectivity index (χ0) is 13.0. The van der Waals surface area contributed by atoms with E-state index in [9.17, 15) is 9.59 Å². The van der Waals surface area contributed by atoms with Gasteiger partial charge in [0.05, 0.1) is 5.54 Å². The minimum atomic E-state index is -0.322. The number of rotatable bonds is 3. The van der Waals surface area contributed by atoms with Gasteiger partial charge in [0.25, 0.3) is 11.5 Å². The number of H-pyrrole nitrogens is 1. The lowest BCUT2D eigenvalue weighted by molar-refractivity contribution is 0.0868. The smallest absolute Gasteiger partial charge is 0.272 e. The van der Waals surface area contributed by atoms with Crippen LogP contribution in [-0.2, 0) is 0 Å². The Labute approximate surface area is 105 Å². The second-order valence-corrected chi connectivity index (χ2v) is 4.81. The fourth-order valence-electron chi connectivity index (χ4n) is 2.38. The van der Waals surface area contributed by atoms with Crippen molar-refractivity contribution in [3.05, 3.63) is 28.2 Å². The number of hydrogen-bond donors (Lipinski definition) is 3. The Morgan fingerprint density at radius 1 is 1.39 bits per heavy atom. The Morgan fingerprint density at radius 3 is 2.67 bits per heavy atom. The summed E-state index contributed by atoms with van der Waals surface area (Å²) in [7, 11) is 0. The lowest BCUT2D eigenvalue weighted by atomic mass is 9.81. The molecule has 0 bridgehead atoms. The molecule has 1 amide bonds. The number of nitrogens with one attached hydrogen (secondary N) is 2. The molecule has 0 aliphatic heterocycles. The molecule has 98 valence electrons. The van der Waals surface area contributed by atoms with Crippen LogP contribution in [0.5, 0.6) is 0 Å². The van der Waals surface area contributed by atoms with Crippen molar-refractivity contribution in [3.8, 4) is 0 Å². The molecule has 0 atom stereocenters. The summed E-state index contributed by atoms with van der Waals surface area (Å²) in [6.45, 7) is 0.433. The molecule has 1 fully saturated rings. The number of nitrogens with two attached hydrogens (primary N) is 1. The summed E-state index contributed by atoms with van der Waals surface area (Å²) in [5.41, 5.74) is 5.38. The Bertz CT molecular complexity index is 457. The van der Waals surface area contributed by atoms with Gasteiger partial charge in [-0.15, -0.1) is 0 Å². The van der Waals surface area contributed by atoms with E-state index in [0.29, 0.717) is 6.54 Å². The summed E-state index contributed by atoms with van der Waals surface area (Å²) in [4.78, 5) is 22.9. The lowest BCUT2D eigenvalue weighted by Gasteiger charge is -2.36. The maximum Gasteiger partial charge on any atom is 0.272 e. The van der Waals surface area contributed by atoms with Gasteiger partial charge < -0.3 is 11.1 Å².